The zero-order valence-corrected chi connectivity index (χ0v) is 9.00. The number of methoxy groups -OCH3 is 1. The summed E-state index contributed by atoms with van der Waals surface area (Å²) in [5.74, 6) is 1.56. The molecule has 1 aromatic carbocycles. The zero-order chi connectivity index (χ0) is 10.2. The van der Waals surface area contributed by atoms with Crippen LogP contribution in [0.5, 0.6) is 5.75 Å². The lowest BCUT2D eigenvalue weighted by molar-refractivity contribution is 0.208. The lowest BCUT2D eigenvalue weighted by Crippen LogP contribution is -2.59. The first-order chi connectivity index (χ1) is 6.63. The summed E-state index contributed by atoms with van der Waals surface area (Å²) in [5, 5.41) is 3.43. The Morgan fingerprint density at radius 2 is 1.93 bits per heavy atom. The summed E-state index contributed by atoms with van der Waals surface area (Å²) < 4.78 is 5.14. The van der Waals surface area contributed by atoms with E-state index in [0.29, 0.717) is 5.92 Å². The molecule has 2 heteroatoms. The van der Waals surface area contributed by atoms with E-state index in [4.69, 9.17) is 4.74 Å². The summed E-state index contributed by atoms with van der Waals surface area (Å²) >= 11 is 0. The number of rotatable bonds is 2. The molecule has 0 radical (unpaired) electrons. The second-order valence-corrected chi connectivity index (χ2v) is 4.43. The quantitative estimate of drug-likeness (QED) is 0.773. The Morgan fingerprint density at radius 3 is 2.29 bits per heavy atom. The van der Waals surface area contributed by atoms with Crippen LogP contribution < -0.4 is 10.1 Å². The van der Waals surface area contributed by atoms with E-state index in [1.165, 1.54) is 5.56 Å². The van der Waals surface area contributed by atoms with Crippen molar-refractivity contribution < 1.29 is 4.74 Å². The topological polar surface area (TPSA) is 21.3 Å². The normalized spacial score (nSPS) is 24.1. The number of benzene rings is 1. The van der Waals surface area contributed by atoms with E-state index in [1.54, 1.807) is 7.11 Å². The van der Waals surface area contributed by atoms with Gasteiger partial charge in [-0.15, -0.1) is 0 Å². The third-order valence-corrected chi connectivity index (χ3v) is 3.15. The van der Waals surface area contributed by atoms with Crippen molar-refractivity contribution >= 4 is 0 Å². The fraction of sp³-hybridized carbons (Fsp3) is 0.500. The molecule has 1 unspecified atom stereocenters. The Kier molecular flexibility index (Phi) is 2.23. The van der Waals surface area contributed by atoms with Gasteiger partial charge in [-0.1, -0.05) is 12.1 Å². The Balaban J connectivity index is 2.17. The highest BCUT2D eigenvalue weighted by molar-refractivity contribution is 5.33. The molecule has 0 spiro atoms. The van der Waals surface area contributed by atoms with Gasteiger partial charge in [0.15, 0.2) is 0 Å². The van der Waals surface area contributed by atoms with Gasteiger partial charge in [0, 0.05) is 18.0 Å². The third-order valence-electron chi connectivity index (χ3n) is 3.15. The number of hydrogen-bond acceptors (Lipinski definition) is 2. The van der Waals surface area contributed by atoms with Gasteiger partial charge >= 0.3 is 0 Å². The van der Waals surface area contributed by atoms with Gasteiger partial charge in [0.05, 0.1) is 7.11 Å². The smallest absolute Gasteiger partial charge is 0.118 e. The van der Waals surface area contributed by atoms with E-state index in [9.17, 15) is 0 Å². The van der Waals surface area contributed by atoms with Crippen molar-refractivity contribution in [3.05, 3.63) is 29.8 Å². The second kappa shape index (κ2) is 3.28. The molecule has 1 fully saturated rings. The van der Waals surface area contributed by atoms with Crippen molar-refractivity contribution in [1.82, 2.24) is 5.32 Å². The van der Waals surface area contributed by atoms with Gasteiger partial charge in [-0.05, 0) is 31.5 Å². The Hall–Kier alpha value is -1.02. The Morgan fingerprint density at radius 1 is 1.29 bits per heavy atom. The molecule has 1 aliphatic rings. The summed E-state index contributed by atoms with van der Waals surface area (Å²) in [6.07, 6.45) is 0. The third kappa shape index (κ3) is 1.50. The molecule has 14 heavy (non-hydrogen) atoms. The molecule has 1 aromatic rings. The summed E-state index contributed by atoms with van der Waals surface area (Å²) in [7, 11) is 1.70. The highest BCUT2D eigenvalue weighted by Gasteiger charge is 2.38. The first-order valence-corrected chi connectivity index (χ1v) is 5.02. The average molecular weight is 191 g/mol. The molecule has 0 saturated carbocycles. The lowest BCUT2D eigenvalue weighted by atomic mass is 9.75. The maximum atomic E-state index is 5.14. The molecule has 1 saturated heterocycles. The van der Waals surface area contributed by atoms with Gasteiger partial charge in [0.1, 0.15) is 5.75 Å². The van der Waals surface area contributed by atoms with E-state index < -0.39 is 0 Å². The fourth-order valence-electron chi connectivity index (χ4n) is 1.98. The molecule has 2 rings (SSSR count). The van der Waals surface area contributed by atoms with Crippen LogP contribution in [0, 0.1) is 0 Å². The SMILES string of the molecule is COc1ccc(C2CNC2(C)C)cc1. The van der Waals surface area contributed by atoms with Crippen LogP contribution >= 0.6 is 0 Å². The summed E-state index contributed by atoms with van der Waals surface area (Å²) in [4.78, 5) is 0. The van der Waals surface area contributed by atoms with Gasteiger partial charge in [0.25, 0.3) is 0 Å². The standard InChI is InChI=1S/C12H17NO/c1-12(2)11(8-13-12)9-4-6-10(14-3)7-5-9/h4-7,11,13H,8H2,1-3H3. The number of ether oxygens (including phenoxy) is 1. The zero-order valence-electron chi connectivity index (χ0n) is 9.00. The minimum atomic E-state index is 0.245. The molecule has 1 heterocycles. The van der Waals surface area contributed by atoms with Crippen molar-refractivity contribution in [3.63, 3.8) is 0 Å². The van der Waals surface area contributed by atoms with Crippen molar-refractivity contribution in [2.75, 3.05) is 13.7 Å². The van der Waals surface area contributed by atoms with Gasteiger partial charge in [-0.3, -0.25) is 0 Å². The van der Waals surface area contributed by atoms with Crippen molar-refractivity contribution in [3.8, 4) is 5.75 Å². The first-order valence-electron chi connectivity index (χ1n) is 5.02. The van der Waals surface area contributed by atoms with Crippen molar-refractivity contribution in [1.29, 1.82) is 0 Å². The molecular weight excluding hydrogens is 174 g/mol. The van der Waals surface area contributed by atoms with Crippen molar-refractivity contribution in [2.45, 2.75) is 25.3 Å². The molecule has 0 aromatic heterocycles. The van der Waals surface area contributed by atoms with Gasteiger partial charge in [0.2, 0.25) is 0 Å². The van der Waals surface area contributed by atoms with Crippen LogP contribution in [0.4, 0.5) is 0 Å². The molecule has 76 valence electrons. The van der Waals surface area contributed by atoms with Crippen LogP contribution in [-0.2, 0) is 0 Å². The minimum Gasteiger partial charge on any atom is -0.497 e. The summed E-state index contributed by atoms with van der Waals surface area (Å²) in [5.41, 5.74) is 1.64. The highest BCUT2D eigenvalue weighted by atomic mass is 16.5. The Labute approximate surface area is 85.3 Å². The van der Waals surface area contributed by atoms with Crippen LogP contribution in [0.2, 0.25) is 0 Å². The van der Waals surface area contributed by atoms with E-state index in [2.05, 4.69) is 31.3 Å². The first kappa shape index (κ1) is 9.53. The number of hydrogen-bond donors (Lipinski definition) is 1. The van der Waals surface area contributed by atoms with Crippen LogP contribution in [0.3, 0.4) is 0 Å². The van der Waals surface area contributed by atoms with Crippen LogP contribution in [-0.4, -0.2) is 19.2 Å². The predicted molar refractivity (Wildman–Crippen MR) is 57.8 cm³/mol. The maximum Gasteiger partial charge on any atom is 0.118 e. The minimum absolute atomic E-state index is 0.245. The monoisotopic (exact) mass is 191 g/mol. The van der Waals surface area contributed by atoms with Crippen molar-refractivity contribution in [2.24, 2.45) is 0 Å². The molecule has 2 nitrogen and oxygen atoms in total. The predicted octanol–water partition coefficient (Wildman–Crippen LogP) is 2.16. The van der Waals surface area contributed by atoms with E-state index in [1.807, 2.05) is 12.1 Å². The maximum absolute atomic E-state index is 5.14. The number of nitrogens with one attached hydrogen (secondary N) is 1. The molecule has 1 atom stereocenters. The summed E-state index contributed by atoms with van der Waals surface area (Å²) in [6.45, 7) is 5.57. The van der Waals surface area contributed by atoms with Crippen LogP contribution in [0.1, 0.15) is 25.3 Å². The lowest BCUT2D eigenvalue weighted by Gasteiger charge is -2.46. The van der Waals surface area contributed by atoms with E-state index in [-0.39, 0.29) is 5.54 Å². The van der Waals surface area contributed by atoms with Gasteiger partial charge < -0.3 is 10.1 Å². The Bertz CT molecular complexity index is 316. The average Bonchev–Trinajstić information content (AvgIpc) is 2.18. The van der Waals surface area contributed by atoms with E-state index in [0.717, 1.165) is 12.3 Å². The highest BCUT2D eigenvalue weighted by Crippen LogP contribution is 2.35. The fourth-order valence-corrected chi connectivity index (χ4v) is 1.98. The molecule has 0 amide bonds. The molecule has 0 bridgehead atoms. The molecule has 0 aliphatic carbocycles. The molecule has 1 aliphatic heterocycles. The largest absolute Gasteiger partial charge is 0.497 e. The second-order valence-electron chi connectivity index (χ2n) is 4.43. The van der Waals surface area contributed by atoms with E-state index >= 15 is 0 Å². The molecule has 1 N–H and O–H groups in total. The van der Waals surface area contributed by atoms with Crippen LogP contribution in [0.25, 0.3) is 0 Å². The van der Waals surface area contributed by atoms with Gasteiger partial charge in [-0.25, -0.2) is 0 Å². The van der Waals surface area contributed by atoms with Crippen LogP contribution in [0.15, 0.2) is 24.3 Å². The van der Waals surface area contributed by atoms with Gasteiger partial charge in [-0.2, -0.15) is 0 Å². The molecular formula is C12H17NO. The summed E-state index contributed by atoms with van der Waals surface area (Å²) in [6, 6.07) is 8.38.